The molecular formula is C25H21N3O3S. The van der Waals surface area contributed by atoms with Gasteiger partial charge in [-0.25, -0.2) is 4.98 Å². The van der Waals surface area contributed by atoms with Gasteiger partial charge in [-0.3, -0.25) is 14.9 Å². The second kappa shape index (κ2) is 9.89. The number of hydrogen-bond donors (Lipinski definition) is 2. The van der Waals surface area contributed by atoms with Gasteiger partial charge in [0.15, 0.2) is 5.13 Å². The summed E-state index contributed by atoms with van der Waals surface area (Å²) in [6.45, 7) is 1.76. The van der Waals surface area contributed by atoms with E-state index in [2.05, 4.69) is 15.6 Å². The molecule has 0 aliphatic carbocycles. The van der Waals surface area contributed by atoms with Crippen molar-refractivity contribution in [2.45, 2.75) is 13.5 Å². The Morgan fingerprint density at radius 1 is 0.906 bits per heavy atom. The molecule has 0 unspecified atom stereocenters. The molecular weight excluding hydrogens is 422 g/mol. The van der Waals surface area contributed by atoms with Crippen LogP contribution in [0.2, 0.25) is 0 Å². The standard InChI is InChI=1S/C25H21N3O3S/c1-17(29)26-20-13-11-18(12-14-20)23-16-32-25(27-23)28-24(30)22-10-6-5-7-19(22)15-31-21-8-3-2-4-9-21/h2-14,16H,15H2,1H3,(H,26,29)(H,27,28,30). The zero-order chi connectivity index (χ0) is 22.3. The van der Waals surface area contributed by atoms with Crippen molar-refractivity contribution in [3.8, 4) is 17.0 Å². The van der Waals surface area contributed by atoms with Crippen molar-refractivity contribution in [2.24, 2.45) is 0 Å². The van der Waals surface area contributed by atoms with Crippen LogP contribution in [0.1, 0.15) is 22.8 Å². The summed E-state index contributed by atoms with van der Waals surface area (Å²) in [6, 6.07) is 24.2. The summed E-state index contributed by atoms with van der Waals surface area (Å²) in [7, 11) is 0. The lowest BCUT2D eigenvalue weighted by atomic mass is 10.1. The highest BCUT2D eigenvalue weighted by Crippen LogP contribution is 2.26. The molecule has 2 amide bonds. The molecule has 0 radical (unpaired) electrons. The fraction of sp³-hybridized carbons (Fsp3) is 0.0800. The molecule has 7 heteroatoms. The number of amides is 2. The highest BCUT2D eigenvalue weighted by Gasteiger charge is 2.14. The van der Waals surface area contributed by atoms with Crippen molar-refractivity contribution in [3.05, 3.63) is 95.4 Å². The monoisotopic (exact) mass is 443 g/mol. The maximum atomic E-state index is 12.9. The maximum absolute atomic E-state index is 12.9. The summed E-state index contributed by atoms with van der Waals surface area (Å²) >= 11 is 1.35. The molecule has 0 aliphatic heterocycles. The lowest BCUT2D eigenvalue weighted by Gasteiger charge is -2.10. The molecule has 2 N–H and O–H groups in total. The number of benzene rings is 3. The average molecular weight is 444 g/mol. The van der Waals surface area contributed by atoms with E-state index in [1.807, 2.05) is 78.2 Å². The number of nitrogens with zero attached hydrogens (tertiary/aromatic N) is 1. The summed E-state index contributed by atoms with van der Waals surface area (Å²) < 4.78 is 5.81. The quantitative estimate of drug-likeness (QED) is 0.390. The Morgan fingerprint density at radius 3 is 2.38 bits per heavy atom. The van der Waals surface area contributed by atoms with Crippen LogP contribution in [0.25, 0.3) is 11.3 Å². The number of thiazole rings is 1. The molecule has 0 fully saturated rings. The van der Waals surface area contributed by atoms with Gasteiger partial charge < -0.3 is 10.1 Å². The van der Waals surface area contributed by atoms with Gasteiger partial charge in [-0.05, 0) is 30.3 Å². The van der Waals surface area contributed by atoms with Crippen LogP contribution < -0.4 is 15.4 Å². The van der Waals surface area contributed by atoms with Crippen molar-refractivity contribution in [1.82, 2.24) is 4.98 Å². The lowest BCUT2D eigenvalue weighted by Crippen LogP contribution is -2.15. The van der Waals surface area contributed by atoms with Gasteiger partial charge in [0.25, 0.3) is 5.91 Å². The van der Waals surface area contributed by atoms with E-state index < -0.39 is 0 Å². The molecule has 0 bridgehead atoms. The van der Waals surface area contributed by atoms with Crippen LogP contribution in [0, 0.1) is 0 Å². The molecule has 32 heavy (non-hydrogen) atoms. The molecule has 4 aromatic rings. The smallest absolute Gasteiger partial charge is 0.257 e. The van der Waals surface area contributed by atoms with E-state index in [9.17, 15) is 9.59 Å². The summed E-state index contributed by atoms with van der Waals surface area (Å²) in [5.74, 6) is 0.391. The van der Waals surface area contributed by atoms with E-state index in [4.69, 9.17) is 4.74 Å². The minimum atomic E-state index is -0.237. The molecule has 0 saturated carbocycles. The van der Waals surface area contributed by atoms with E-state index in [0.29, 0.717) is 10.7 Å². The number of hydrogen-bond acceptors (Lipinski definition) is 5. The topological polar surface area (TPSA) is 80.3 Å². The van der Waals surface area contributed by atoms with Crippen molar-refractivity contribution in [2.75, 3.05) is 10.6 Å². The van der Waals surface area contributed by atoms with Gasteiger partial charge in [0.05, 0.1) is 5.69 Å². The van der Waals surface area contributed by atoms with Crippen LogP contribution >= 0.6 is 11.3 Å². The van der Waals surface area contributed by atoms with E-state index in [1.54, 1.807) is 6.07 Å². The Balaban J connectivity index is 1.44. The molecule has 0 atom stereocenters. The van der Waals surface area contributed by atoms with Crippen molar-refractivity contribution >= 4 is 34.0 Å². The van der Waals surface area contributed by atoms with Gasteiger partial charge in [-0.1, -0.05) is 48.5 Å². The summed E-state index contributed by atoms with van der Waals surface area (Å²) in [5, 5.41) is 8.01. The fourth-order valence-electron chi connectivity index (χ4n) is 3.10. The number of rotatable bonds is 7. The molecule has 4 rings (SSSR count). The third-order valence-corrected chi connectivity index (χ3v) is 5.38. The van der Waals surface area contributed by atoms with Gasteiger partial charge in [0, 0.05) is 34.7 Å². The number of carbonyl (C=O) groups is 2. The van der Waals surface area contributed by atoms with Crippen molar-refractivity contribution in [3.63, 3.8) is 0 Å². The Kier molecular flexibility index (Phi) is 6.57. The summed E-state index contributed by atoms with van der Waals surface area (Å²) in [4.78, 5) is 28.6. The first-order chi connectivity index (χ1) is 15.6. The number of nitrogens with one attached hydrogen (secondary N) is 2. The predicted octanol–water partition coefficient (Wildman–Crippen LogP) is 5.60. The molecule has 1 heterocycles. The van der Waals surface area contributed by atoms with E-state index in [0.717, 1.165) is 28.3 Å². The van der Waals surface area contributed by atoms with E-state index in [1.165, 1.54) is 18.3 Å². The van der Waals surface area contributed by atoms with Gasteiger partial charge >= 0.3 is 0 Å². The first-order valence-electron chi connectivity index (χ1n) is 9.99. The maximum Gasteiger partial charge on any atom is 0.257 e. The molecule has 0 aliphatic rings. The minimum Gasteiger partial charge on any atom is -0.489 e. The first kappa shape index (κ1) is 21.3. The molecule has 1 aromatic heterocycles. The van der Waals surface area contributed by atoms with Crippen molar-refractivity contribution < 1.29 is 14.3 Å². The number of carbonyl (C=O) groups excluding carboxylic acids is 2. The number of ether oxygens (including phenoxy) is 1. The molecule has 160 valence electrons. The van der Waals surface area contributed by atoms with Crippen LogP contribution in [0.4, 0.5) is 10.8 Å². The zero-order valence-corrected chi connectivity index (χ0v) is 18.2. The zero-order valence-electron chi connectivity index (χ0n) is 17.4. The second-order valence-corrected chi connectivity index (χ2v) is 7.87. The highest BCUT2D eigenvalue weighted by atomic mass is 32.1. The Hall–Kier alpha value is -3.97. The predicted molar refractivity (Wildman–Crippen MR) is 127 cm³/mol. The summed E-state index contributed by atoms with van der Waals surface area (Å²) in [5.41, 5.74) is 3.70. The fourth-order valence-corrected chi connectivity index (χ4v) is 3.82. The third-order valence-electron chi connectivity index (χ3n) is 4.63. The SMILES string of the molecule is CC(=O)Nc1ccc(-c2csc(NC(=O)c3ccccc3COc3ccccc3)n2)cc1. The molecule has 6 nitrogen and oxygen atoms in total. The third kappa shape index (κ3) is 5.39. The van der Waals surface area contributed by atoms with Gasteiger partial charge in [0.2, 0.25) is 5.91 Å². The number of aromatic nitrogens is 1. The summed E-state index contributed by atoms with van der Waals surface area (Å²) in [6.07, 6.45) is 0. The molecule has 0 saturated heterocycles. The van der Waals surface area contributed by atoms with Gasteiger partial charge in [0.1, 0.15) is 12.4 Å². The minimum absolute atomic E-state index is 0.120. The number of para-hydroxylation sites is 1. The van der Waals surface area contributed by atoms with Gasteiger partial charge in [-0.15, -0.1) is 11.3 Å². The van der Waals surface area contributed by atoms with Crippen LogP contribution in [0.15, 0.2) is 84.2 Å². The first-order valence-corrected chi connectivity index (χ1v) is 10.9. The van der Waals surface area contributed by atoms with Crippen LogP contribution in [0.5, 0.6) is 5.75 Å². The van der Waals surface area contributed by atoms with Crippen LogP contribution in [0.3, 0.4) is 0 Å². The Labute approximate surface area is 189 Å². The highest BCUT2D eigenvalue weighted by molar-refractivity contribution is 7.14. The Morgan fingerprint density at radius 2 is 1.62 bits per heavy atom. The largest absolute Gasteiger partial charge is 0.489 e. The second-order valence-electron chi connectivity index (χ2n) is 7.01. The average Bonchev–Trinajstić information content (AvgIpc) is 3.27. The number of anilines is 2. The van der Waals surface area contributed by atoms with Gasteiger partial charge in [-0.2, -0.15) is 0 Å². The van der Waals surface area contributed by atoms with Crippen LogP contribution in [-0.2, 0) is 11.4 Å². The normalized spacial score (nSPS) is 10.4. The van der Waals surface area contributed by atoms with E-state index in [-0.39, 0.29) is 18.4 Å². The van der Waals surface area contributed by atoms with Crippen molar-refractivity contribution in [1.29, 1.82) is 0 Å². The van der Waals surface area contributed by atoms with E-state index >= 15 is 0 Å². The Bertz CT molecular complexity index is 1220. The molecule has 0 spiro atoms. The van der Waals surface area contributed by atoms with Crippen LogP contribution in [-0.4, -0.2) is 16.8 Å². The molecule has 3 aromatic carbocycles. The lowest BCUT2D eigenvalue weighted by molar-refractivity contribution is -0.114.